The van der Waals surface area contributed by atoms with Crippen LogP contribution in [0.15, 0.2) is 88.2 Å². The molecule has 3 rings (SSSR count). The third kappa shape index (κ3) is 7.20. The Balaban J connectivity index is 2.05. The zero-order chi connectivity index (χ0) is 27.0. The molecule has 0 aliphatic carbocycles. The van der Waals surface area contributed by atoms with E-state index in [4.69, 9.17) is 0 Å². The monoisotopic (exact) mass is 585 g/mol. The van der Waals surface area contributed by atoms with E-state index < -0.39 is 28.5 Å². The molecule has 7 nitrogen and oxygen atoms in total. The van der Waals surface area contributed by atoms with Gasteiger partial charge in [0.25, 0.3) is 10.0 Å². The van der Waals surface area contributed by atoms with Gasteiger partial charge in [-0.25, -0.2) is 8.42 Å². The lowest BCUT2D eigenvalue weighted by molar-refractivity contribution is -0.140. The molecular formula is C28H32BrN3O4S. The van der Waals surface area contributed by atoms with Crippen LogP contribution in [0.4, 0.5) is 5.69 Å². The van der Waals surface area contributed by atoms with E-state index in [2.05, 4.69) is 21.2 Å². The van der Waals surface area contributed by atoms with Crippen molar-refractivity contribution in [3.05, 3.63) is 94.5 Å². The number of anilines is 1. The SMILES string of the molecule is CCNC(=O)[C@H](CC)N(Cc1ccccc1)C(=O)CN(c1cccc(Br)c1)S(=O)(=O)c1ccc(C)cc1. The van der Waals surface area contributed by atoms with Crippen molar-refractivity contribution < 1.29 is 18.0 Å². The van der Waals surface area contributed by atoms with Gasteiger partial charge in [0.05, 0.1) is 10.6 Å². The molecule has 0 saturated carbocycles. The Morgan fingerprint density at radius 3 is 2.22 bits per heavy atom. The number of nitrogens with zero attached hydrogens (tertiary/aromatic N) is 2. The third-order valence-electron chi connectivity index (χ3n) is 5.92. The Labute approximate surface area is 227 Å². The lowest BCUT2D eigenvalue weighted by Crippen LogP contribution is -2.52. The standard InChI is InChI=1S/C28H32BrN3O4S/c1-4-26(28(34)30-5-2)31(19-22-10-7-6-8-11-22)27(33)20-32(24-13-9-12-23(29)18-24)37(35,36)25-16-14-21(3)15-17-25/h6-18,26H,4-5,19-20H2,1-3H3,(H,30,34)/t26-/m0/s1. The lowest BCUT2D eigenvalue weighted by atomic mass is 10.1. The minimum atomic E-state index is -4.09. The summed E-state index contributed by atoms with van der Waals surface area (Å²) >= 11 is 3.40. The molecule has 0 saturated heterocycles. The van der Waals surface area contributed by atoms with Crippen LogP contribution < -0.4 is 9.62 Å². The molecule has 1 N–H and O–H groups in total. The summed E-state index contributed by atoms with van der Waals surface area (Å²) in [4.78, 5) is 28.4. The van der Waals surface area contributed by atoms with Crippen LogP contribution in [-0.4, -0.2) is 44.3 Å². The number of aryl methyl sites for hydroxylation is 1. The second-order valence-electron chi connectivity index (χ2n) is 8.63. The van der Waals surface area contributed by atoms with Crippen LogP contribution in [0.25, 0.3) is 0 Å². The number of halogens is 1. The molecule has 37 heavy (non-hydrogen) atoms. The molecule has 0 radical (unpaired) electrons. The number of benzene rings is 3. The van der Waals surface area contributed by atoms with E-state index in [1.54, 1.807) is 36.4 Å². The molecular weight excluding hydrogens is 554 g/mol. The zero-order valence-corrected chi connectivity index (χ0v) is 23.6. The topological polar surface area (TPSA) is 86.8 Å². The Kier molecular flexibility index (Phi) is 9.88. The van der Waals surface area contributed by atoms with Gasteiger partial charge in [-0.3, -0.25) is 13.9 Å². The number of rotatable bonds is 11. The molecule has 2 amide bonds. The van der Waals surface area contributed by atoms with Crippen LogP contribution in [0, 0.1) is 6.92 Å². The molecule has 0 aromatic heterocycles. The van der Waals surface area contributed by atoms with Gasteiger partial charge in [-0.1, -0.05) is 76.9 Å². The summed E-state index contributed by atoms with van der Waals surface area (Å²) < 4.78 is 29.4. The van der Waals surface area contributed by atoms with Crippen LogP contribution in [0.5, 0.6) is 0 Å². The van der Waals surface area contributed by atoms with E-state index >= 15 is 0 Å². The molecule has 0 fully saturated rings. The number of hydrogen-bond acceptors (Lipinski definition) is 4. The largest absolute Gasteiger partial charge is 0.355 e. The van der Waals surface area contributed by atoms with Crippen LogP contribution in [0.2, 0.25) is 0 Å². The van der Waals surface area contributed by atoms with Gasteiger partial charge in [0.15, 0.2) is 0 Å². The van der Waals surface area contributed by atoms with Crippen LogP contribution >= 0.6 is 15.9 Å². The zero-order valence-electron chi connectivity index (χ0n) is 21.2. The third-order valence-corrected chi connectivity index (χ3v) is 8.20. The highest BCUT2D eigenvalue weighted by Crippen LogP contribution is 2.27. The summed E-state index contributed by atoms with van der Waals surface area (Å²) in [5.41, 5.74) is 2.11. The number of likely N-dealkylation sites (N-methyl/N-ethyl adjacent to an activating group) is 1. The minimum Gasteiger partial charge on any atom is -0.355 e. The molecule has 0 bridgehead atoms. The second kappa shape index (κ2) is 12.9. The van der Waals surface area contributed by atoms with E-state index in [-0.39, 0.29) is 17.3 Å². The molecule has 0 heterocycles. The van der Waals surface area contributed by atoms with Crippen molar-refractivity contribution in [3.63, 3.8) is 0 Å². The predicted octanol–water partition coefficient (Wildman–Crippen LogP) is 4.90. The van der Waals surface area contributed by atoms with E-state index in [0.717, 1.165) is 15.4 Å². The highest BCUT2D eigenvalue weighted by Gasteiger charge is 2.33. The predicted molar refractivity (Wildman–Crippen MR) is 150 cm³/mol. The van der Waals surface area contributed by atoms with Crippen LogP contribution in [0.1, 0.15) is 31.4 Å². The first-order valence-electron chi connectivity index (χ1n) is 12.1. The van der Waals surface area contributed by atoms with Crippen molar-refractivity contribution in [1.29, 1.82) is 0 Å². The van der Waals surface area contributed by atoms with Crippen molar-refractivity contribution in [1.82, 2.24) is 10.2 Å². The number of carbonyl (C=O) groups excluding carboxylic acids is 2. The van der Waals surface area contributed by atoms with E-state index in [1.165, 1.54) is 17.0 Å². The molecule has 9 heteroatoms. The number of hydrogen-bond donors (Lipinski definition) is 1. The fourth-order valence-electron chi connectivity index (χ4n) is 3.99. The maximum atomic E-state index is 13.9. The summed E-state index contributed by atoms with van der Waals surface area (Å²) in [6, 6.07) is 21.9. The first-order chi connectivity index (χ1) is 17.7. The van der Waals surface area contributed by atoms with Crippen molar-refractivity contribution in [2.75, 3.05) is 17.4 Å². The maximum absolute atomic E-state index is 13.9. The van der Waals surface area contributed by atoms with Gasteiger partial charge in [0.2, 0.25) is 11.8 Å². The number of carbonyl (C=O) groups is 2. The maximum Gasteiger partial charge on any atom is 0.264 e. The number of sulfonamides is 1. The van der Waals surface area contributed by atoms with Gasteiger partial charge in [-0.15, -0.1) is 0 Å². The first kappa shape index (κ1) is 28.4. The van der Waals surface area contributed by atoms with Crippen LogP contribution in [-0.2, 0) is 26.2 Å². The Morgan fingerprint density at radius 2 is 1.62 bits per heavy atom. The summed E-state index contributed by atoms with van der Waals surface area (Å²) in [5, 5.41) is 2.80. The normalized spacial score (nSPS) is 12.0. The van der Waals surface area contributed by atoms with Gasteiger partial charge in [-0.05, 0) is 56.2 Å². The first-order valence-corrected chi connectivity index (χ1v) is 14.4. The van der Waals surface area contributed by atoms with E-state index in [0.29, 0.717) is 23.1 Å². The smallest absolute Gasteiger partial charge is 0.264 e. The van der Waals surface area contributed by atoms with E-state index in [9.17, 15) is 18.0 Å². The summed E-state index contributed by atoms with van der Waals surface area (Å²) in [5.74, 6) is -0.748. The molecule has 0 aliphatic heterocycles. The number of nitrogens with one attached hydrogen (secondary N) is 1. The van der Waals surface area contributed by atoms with Crippen molar-refractivity contribution in [2.45, 2.75) is 44.7 Å². The van der Waals surface area contributed by atoms with Crippen LogP contribution in [0.3, 0.4) is 0 Å². The van der Waals surface area contributed by atoms with Gasteiger partial charge in [0.1, 0.15) is 12.6 Å². The number of amides is 2. The second-order valence-corrected chi connectivity index (χ2v) is 11.4. The molecule has 0 spiro atoms. The quantitative estimate of drug-likeness (QED) is 0.347. The van der Waals surface area contributed by atoms with Crippen molar-refractivity contribution in [3.8, 4) is 0 Å². The van der Waals surface area contributed by atoms with Gasteiger partial charge >= 0.3 is 0 Å². The summed E-state index contributed by atoms with van der Waals surface area (Å²) in [6.45, 7) is 5.66. The molecule has 0 unspecified atom stereocenters. The molecule has 3 aromatic rings. The van der Waals surface area contributed by atoms with Gasteiger partial charge in [-0.2, -0.15) is 0 Å². The average Bonchev–Trinajstić information content (AvgIpc) is 2.88. The van der Waals surface area contributed by atoms with Gasteiger partial charge in [0, 0.05) is 17.6 Å². The van der Waals surface area contributed by atoms with E-state index in [1.807, 2.05) is 51.1 Å². The van der Waals surface area contributed by atoms with Crippen molar-refractivity contribution >= 4 is 43.5 Å². The minimum absolute atomic E-state index is 0.0799. The average molecular weight is 587 g/mol. The summed E-state index contributed by atoms with van der Waals surface area (Å²) in [6.07, 6.45) is 0.381. The molecule has 3 aromatic carbocycles. The highest BCUT2D eigenvalue weighted by molar-refractivity contribution is 9.10. The molecule has 196 valence electrons. The fraction of sp³-hybridized carbons (Fsp3) is 0.286. The molecule has 1 atom stereocenters. The Bertz CT molecular complexity index is 1310. The lowest BCUT2D eigenvalue weighted by Gasteiger charge is -2.33. The fourth-order valence-corrected chi connectivity index (χ4v) is 5.78. The van der Waals surface area contributed by atoms with Gasteiger partial charge < -0.3 is 10.2 Å². The highest BCUT2D eigenvalue weighted by atomic mass is 79.9. The molecule has 0 aliphatic rings. The Hall–Kier alpha value is -3.17. The Morgan fingerprint density at radius 1 is 0.946 bits per heavy atom. The summed E-state index contributed by atoms with van der Waals surface area (Å²) in [7, 11) is -4.09. The van der Waals surface area contributed by atoms with Crippen molar-refractivity contribution in [2.24, 2.45) is 0 Å².